The second-order valence-electron chi connectivity index (χ2n) is 8.07. The molecule has 2 aliphatic rings. The Morgan fingerprint density at radius 2 is 1.68 bits per heavy atom. The van der Waals surface area contributed by atoms with E-state index in [2.05, 4.69) is 0 Å². The van der Waals surface area contributed by atoms with Crippen LogP contribution in [0.2, 0.25) is 0 Å². The van der Waals surface area contributed by atoms with Crippen molar-refractivity contribution >= 4 is 28.5 Å². The highest BCUT2D eigenvalue weighted by molar-refractivity contribution is 6.21. The van der Waals surface area contributed by atoms with Crippen molar-refractivity contribution in [2.24, 2.45) is 10.8 Å². The van der Waals surface area contributed by atoms with E-state index in [-0.39, 0.29) is 12.4 Å². The van der Waals surface area contributed by atoms with Crippen LogP contribution in [0.1, 0.15) is 42.1 Å². The van der Waals surface area contributed by atoms with Gasteiger partial charge in [0.25, 0.3) is 0 Å². The van der Waals surface area contributed by atoms with E-state index in [1.807, 2.05) is 43.3 Å². The first-order chi connectivity index (χ1) is 15.0. The minimum Gasteiger partial charge on any atom is -0.465 e. The Bertz CT molecular complexity index is 1230. The Morgan fingerprint density at radius 3 is 2.39 bits per heavy atom. The monoisotopic (exact) mass is 414 g/mol. The normalized spacial score (nSPS) is 25.9. The van der Waals surface area contributed by atoms with Gasteiger partial charge in [0.2, 0.25) is 0 Å². The van der Waals surface area contributed by atoms with E-state index >= 15 is 0 Å². The Labute approximate surface area is 180 Å². The lowest BCUT2D eigenvalue weighted by Gasteiger charge is -2.23. The predicted octanol–water partition coefficient (Wildman–Crippen LogP) is 4.68. The van der Waals surface area contributed by atoms with E-state index in [4.69, 9.17) is 9.47 Å². The summed E-state index contributed by atoms with van der Waals surface area (Å²) in [5, 5.41) is 1.84. The van der Waals surface area contributed by atoms with Crippen LogP contribution in [0.5, 0.6) is 5.75 Å². The van der Waals surface area contributed by atoms with Gasteiger partial charge in [0.05, 0.1) is 12.0 Å². The van der Waals surface area contributed by atoms with E-state index in [0.29, 0.717) is 17.7 Å². The van der Waals surface area contributed by atoms with Crippen molar-refractivity contribution in [3.05, 3.63) is 77.9 Å². The maximum absolute atomic E-state index is 13.9. The van der Waals surface area contributed by atoms with Gasteiger partial charge in [-0.3, -0.25) is 14.4 Å². The highest BCUT2D eigenvalue weighted by atomic mass is 16.6. The molecule has 1 fully saturated rings. The quantitative estimate of drug-likeness (QED) is 0.262. The predicted molar refractivity (Wildman–Crippen MR) is 115 cm³/mol. The van der Waals surface area contributed by atoms with E-state index in [0.717, 1.165) is 16.3 Å². The third-order valence-electron chi connectivity index (χ3n) is 6.89. The molecular formula is C26H22O5. The zero-order chi connectivity index (χ0) is 21.8. The van der Waals surface area contributed by atoms with Crippen LogP contribution in [0, 0.1) is 10.8 Å². The molecule has 0 N–H and O–H groups in total. The fourth-order valence-electron chi connectivity index (χ4n) is 5.57. The van der Waals surface area contributed by atoms with Crippen molar-refractivity contribution in [3.8, 4) is 5.75 Å². The molecule has 5 heteroatoms. The molecule has 3 aromatic rings. The first-order valence-corrected chi connectivity index (χ1v) is 10.5. The number of ketones is 1. The second-order valence-corrected chi connectivity index (χ2v) is 8.07. The van der Waals surface area contributed by atoms with E-state index in [1.165, 1.54) is 0 Å². The van der Waals surface area contributed by atoms with Gasteiger partial charge in [-0.15, -0.1) is 0 Å². The Kier molecular flexibility index (Phi) is 4.26. The van der Waals surface area contributed by atoms with Gasteiger partial charge >= 0.3 is 11.9 Å². The third kappa shape index (κ3) is 2.29. The largest absolute Gasteiger partial charge is 0.465 e. The van der Waals surface area contributed by atoms with Crippen molar-refractivity contribution in [1.29, 1.82) is 0 Å². The molecule has 0 amide bonds. The van der Waals surface area contributed by atoms with E-state index in [1.54, 1.807) is 37.3 Å². The summed E-state index contributed by atoms with van der Waals surface area (Å²) in [5.41, 5.74) is -1.73. The maximum Gasteiger partial charge on any atom is 0.330 e. The number of ether oxygens (including phenoxy) is 2. The van der Waals surface area contributed by atoms with Gasteiger partial charge in [-0.25, -0.2) is 0 Å². The smallest absolute Gasteiger partial charge is 0.330 e. The molecule has 1 aliphatic carbocycles. The van der Waals surface area contributed by atoms with Crippen molar-refractivity contribution in [2.75, 3.05) is 6.61 Å². The molecule has 3 aromatic carbocycles. The van der Waals surface area contributed by atoms with Gasteiger partial charge in [-0.2, -0.15) is 0 Å². The fraction of sp³-hybridized carbons (Fsp3) is 0.269. The standard InChI is InChI=1S/C26H22O5/c1-3-25(22(27)17-11-6-5-7-12-17)21-20-18-13-9-8-10-16(18)14-15-19(20)31-24(29)26(21,25)23(28)30-4-2/h5-15,21H,3-4H2,1-2H3/t21-,25+,26-/m1/s1. The molecule has 156 valence electrons. The molecule has 1 saturated carbocycles. The summed E-state index contributed by atoms with van der Waals surface area (Å²) in [7, 11) is 0. The van der Waals surface area contributed by atoms with Crippen LogP contribution in [0.3, 0.4) is 0 Å². The number of benzene rings is 3. The summed E-state index contributed by atoms with van der Waals surface area (Å²) in [5.74, 6) is -1.85. The van der Waals surface area contributed by atoms with Gasteiger partial charge < -0.3 is 9.47 Å². The first kappa shape index (κ1) is 19.5. The number of rotatable bonds is 5. The highest BCUT2D eigenvalue weighted by Crippen LogP contribution is 2.80. The Hall–Kier alpha value is -3.47. The highest BCUT2D eigenvalue weighted by Gasteiger charge is 2.90. The average molecular weight is 414 g/mol. The SMILES string of the molecule is CCOC(=O)[C@@]12C(=O)Oc3ccc4ccccc4c3[C@@H]1[C@@]2(CC)C(=O)c1ccccc1. The minimum absolute atomic E-state index is 0.113. The summed E-state index contributed by atoms with van der Waals surface area (Å²) in [6.07, 6.45) is 0.308. The third-order valence-corrected chi connectivity index (χ3v) is 6.89. The van der Waals surface area contributed by atoms with Gasteiger partial charge in [0.15, 0.2) is 11.2 Å². The molecule has 3 atom stereocenters. The lowest BCUT2D eigenvalue weighted by molar-refractivity contribution is -0.162. The molecule has 0 aromatic heterocycles. The maximum atomic E-state index is 13.9. The van der Waals surface area contributed by atoms with Crippen LogP contribution >= 0.6 is 0 Å². The summed E-state index contributed by atoms with van der Waals surface area (Å²) in [6, 6.07) is 20.2. The molecule has 31 heavy (non-hydrogen) atoms. The van der Waals surface area contributed by atoms with Crippen molar-refractivity contribution < 1.29 is 23.9 Å². The van der Waals surface area contributed by atoms with Crippen molar-refractivity contribution in [3.63, 3.8) is 0 Å². The van der Waals surface area contributed by atoms with Crippen LogP contribution in [-0.4, -0.2) is 24.3 Å². The lowest BCUT2D eigenvalue weighted by Crippen LogP contribution is -2.40. The molecule has 0 unspecified atom stereocenters. The van der Waals surface area contributed by atoms with E-state index in [9.17, 15) is 14.4 Å². The number of carbonyl (C=O) groups is 3. The lowest BCUT2D eigenvalue weighted by atomic mass is 9.83. The summed E-state index contributed by atoms with van der Waals surface area (Å²) in [4.78, 5) is 40.7. The first-order valence-electron chi connectivity index (χ1n) is 10.5. The Morgan fingerprint density at radius 1 is 0.968 bits per heavy atom. The fourth-order valence-corrected chi connectivity index (χ4v) is 5.57. The van der Waals surface area contributed by atoms with Crippen molar-refractivity contribution in [2.45, 2.75) is 26.2 Å². The number of hydrogen-bond acceptors (Lipinski definition) is 5. The van der Waals surface area contributed by atoms with Crippen LogP contribution in [-0.2, 0) is 14.3 Å². The van der Waals surface area contributed by atoms with Crippen molar-refractivity contribution in [1.82, 2.24) is 0 Å². The van der Waals surface area contributed by atoms with Crippen LogP contribution in [0.4, 0.5) is 0 Å². The number of fused-ring (bicyclic) bond motifs is 5. The Balaban J connectivity index is 1.81. The second kappa shape index (κ2) is 6.77. The summed E-state index contributed by atoms with van der Waals surface area (Å²) in [6.45, 7) is 3.65. The average Bonchev–Trinajstić information content (AvgIpc) is 3.45. The minimum atomic E-state index is -1.68. The van der Waals surface area contributed by atoms with Gasteiger partial charge in [0.1, 0.15) is 5.75 Å². The number of esters is 2. The number of Topliss-reactive ketones (excluding diaryl/α,β-unsaturated/α-hetero) is 1. The molecule has 1 aliphatic heterocycles. The molecule has 1 heterocycles. The van der Waals surface area contributed by atoms with Gasteiger partial charge in [-0.1, -0.05) is 67.6 Å². The molecule has 0 radical (unpaired) electrons. The molecule has 0 saturated heterocycles. The summed E-state index contributed by atoms with van der Waals surface area (Å²) < 4.78 is 11.1. The molecular weight excluding hydrogens is 392 g/mol. The summed E-state index contributed by atoms with van der Waals surface area (Å²) >= 11 is 0. The molecule has 5 rings (SSSR count). The topological polar surface area (TPSA) is 69.7 Å². The molecule has 0 spiro atoms. The zero-order valence-corrected chi connectivity index (χ0v) is 17.4. The van der Waals surface area contributed by atoms with Crippen LogP contribution < -0.4 is 4.74 Å². The zero-order valence-electron chi connectivity index (χ0n) is 17.4. The van der Waals surface area contributed by atoms with Crippen LogP contribution in [0.25, 0.3) is 10.8 Å². The number of carbonyl (C=O) groups excluding carboxylic acids is 3. The molecule has 5 nitrogen and oxygen atoms in total. The van der Waals surface area contributed by atoms with Gasteiger partial charge in [-0.05, 0) is 30.2 Å². The van der Waals surface area contributed by atoms with Crippen LogP contribution in [0.15, 0.2) is 66.7 Å². The molecule has 0 bridgehead atoms. The van der Waals surface area contributed by atoms with E-state index < -0.39 is 28.7 Å². The van der Waals surface area contributed by atoms with Gasteiger partial charge in [0, 0.05) is 17.0 Å². The number of hydrogen-bond donors (Lipinski definition) is 0.